The smallest absolute Gasteiger partial charge is 0.255 e. The van der Waals surface area contributed by atoms with Crippen molar-refractivity contribution in [2.45, 2.75) is 0 Å². The molecule has 1 fully saturated rings. The number of rotatable bonds is 3. The molecule has 130 valence electrons. The van der Waals surface area contributed by atoms with Crippen LogP contribution in [0.4, 0.5) is 5.69 Å². The molecule has 1 aliphatic rings. The predicted molar refractivity (Wildman–Crippen MR) is 105 cm³/mol. The van der Waals surface area contributed by atoms with Gasteiger partial charge in [-0.05, 0) is 59.0 Å². The Morgan fingerprint density at radius 3 is 2.56 bits per heavy atom. The quantitative estimate of drug-likeness (QED) is 0.697. The molecule has 2 amide bonds. The van der Waals surface area contributed by atoms with Crippen LogP contribution in [0.15, 0.2) is 42.5 Å². The van der Waals surface area contributed by atoms with Crippen molar-refractivity contribution in [3.8, 4) is 0 Å². The summed E-state index contributed by atoms with van der Waals surface area (Å²) in [4.78, 5) is 26.7. The van der Waals surface area contributed by atoms with Gasteiger partial charge in [0.2, 0.25) is 0 Å². The number of ether oxygens (including phenoxy) is 1. The van der Waals surface area contributed by atoms with Gasteiger partial charge in [-0.25, -0.2) is 0 Å². The molecule has 1 saturated heterocycles. The molecule has 1 heterocycles. The van der Waals surface area contributed by atoms with Crippen LogP contribution in [0.3, 0.4) is 0 Å². The normalized spacial score (nSPS) is 14.2. The van der Waals surface area contributed by atoms with Crippen LogP contribution in [0.25, 0.3) is 0 Å². The molecule has 0 bridgehead atoms. The number of carbonyl (C=O) groups is 2. The third-order valence-electron chi connectivity index (χ3n) is 3.85. The first kappa shape index (κ1) is 18.2. The highest BCUT2D eigenvalue weighted by atomic mass is 127. The first-order valence-corrected chi connectivity index (χ1v) is 9.24. The fourth-order valence-corrected chi connectivity index (χ4v) is 3.15. The topological polar surface area (TPSA) is 58.6 Å². The van der Waals surface area contributed by atoms with Crippen molar-refractivity contribution in [1.29, 1.82) is 0 Å². The van der Waals surface area contributed by atoms with Gasteiger partial charge in [-0.15, -0.1) is 0 Å². The van der Waals surface area contributed by atoms with Crippen LogP contribution in [0, 0.1) is 3.57 Å². The molecule has 0 spiro atoms. The van der Waals surface area contributed by atoms with E-state index in [1.165, 1.54) is 0 Å². The van der Waals surface area contributed by atoms with E-state index in [1.807, 2.05) is 0 Å². The molecule has 0 atom stereocenters. The summed E-state index contributed by atoms with van der Waals surface area (Å²) in [6.45, 7) is 2.27. The SMILES string of the molecule is O=C(Nc1cccc(C(=O)N2CCOCC2)c1)c1ccc(Cl)c(I)c1. The largest absolute Gasteiger partial charge is 0.378 e. The molecule has 0 saturated carbocycles. The molecule has 2 aromatic rings. The highest BCUT2D eigenvalue weighted by Crippen LogP contribution is 2.20. The first-order chi connectivity index (χ1) is 12.0. The van der Waals surface area contributed by atoms with Gasteiger partial charge < -0.3 is 15.0 Å². The van der Waals surface area contributed by atoms with E-state index >= 15 is 0 Å². The van der Waals surface area contributed by atoms with Crippen molar-refractivity contribution in [3.05, 3.63) is 62.2 Å². The van der Waals surface area contributed by atoms with Crippen LogP contribution in [-0.2, 0) is 4.74 Å². The zero-order valence-electron chi connectivity index (χ0n) is 13.3. The lowest BCUT2D eigenvalue weighted by Crippen LogP contribution is -2.40. The summed E-state index contributed by atoms with van der Waals surface area (Å²) < 4.78 is 6.08. The number of hydrogen-bond acceptors (Lipinski definition) is 3. The Morgan fingerprint density at radius 1 is 1.08 bits per heavy atom. The highest BCUT2D eigenvalue weighted by molar-refractivity contribution is 14.1. The Balaban J connectivity index is 1.73. The van der Waals surface area contributed by atoms with E-state index < -0.39 is 0 Å². The molecule has 5 nitrogen and oxygen atoms in total. The van der Waals surface area contributed by atoms with E-state index in [9.17, 15) is 9.59 Å². The van der Waals surface area contributed by atoms with Gasteiger partial charge >= 0.3 is 0 Å². The Bertz CT molecular complexity index is 807. The number of anilines is 1. The number of morpholine rings is 1. The van der Waals surface area contributed by atoms with E-state index in [2.05, 4.69) is 27.9 Å². The van der Waals surface area contributed by atoms with Crippen molar-refractivity contribution in [2.75, 3.05) is 31.6 Å². The number of halogens is 2. The van der Waals surface area contributed by atoms with Crippen LogP contribution in [0.5, 0.6) is 0 Å². The van der Waals surface area contributed by atoms with Crippen molar-refractivity contribution in [2.24, 2.45) is 0 Å². The van der Waals surface area contributed by atoms with Crippen LogP contribution < -0.4 is 5.32 Å². The standard InChI is InChI=1S/C18H16ClIN2O3/c19-15-5-4-12(11-16(15)20)17(23)21-14-3-1-2-13(10-14)18(24)22-6-8-25-9-7-22/h1-5,10-11H,6-9H2,(H,21,23). The Labute approximate surface area is 164 Å². The maximum Gasteiger partial charge on any atom is 0.255 e. The van der Waals surface area contributed by atoms with E-state index in [4.69, 9.17) is 16.3 Å². The van der Waals surface area contributed by atoms with Crippen molar-refractivity contribution >= 4 is 51.7 Å². The molecular weight excluding hydrogens is 455 g/mol. The van der Waals surface area contributed by atoms with E-state index in [0.717, 1.165) is 3.57 Å². The Hall–Kier alpha value is -1.64. The second-order valence-electron chi connectivity index (χ2n) is 5.57. The third kappa shape index (κ3) is 4.50. The highest BCUT2D eigenvalue weighted by Gasteiger charge is 2.19. The number of carbonyl (C=O) groups excluding carboxylic acids is 2. The Morgan fingerprint density at radius 2 is 1.84 bits per heavy atom. The van der Waals surface area contributed by atoms with Gasteiger partial charge in [0, 0.05) is 33.5 Å². The van der Waals surface area contributed by atoms with Crippen molar-refractivity contribution in [1.82, 2.24) is 4.90 Å². The molecule has 3 rings (SSSR count). The minimum absolute atomic E-state index is 0.0551. The zero-order chi connectivity index (χ0) is 17.8. The van der Waals surface area contributed by atoms with Gasteiger partial charge in [-0.3, -0.25) is 9.59 Å². The lowest BCUT2D eigenvalue weighted by atomic mass is 10.1. The van der Waals surface area contributed by atoms with Crippen molar-refractivity contribution < 1.29 is 14.3 Å². The predicted octanol–water partition coefficient (Wildman–Crippen LogP) is 3.67. The monoisotopic (exact) mass is 470 g/mol. The van der Waals surface area contributed by atoms with Gasteiger partial charge in [0.05, 0.1) is 18.2 Å². The average molecular weight is 471 g/mol. The zero-order valence-corrected chi connectivity index (χ0v) is 16.2. The fourth-order valence-electron chi connectivity index (χ4n) is 2.52. The number of nitrogens with one attached hydrogen (secondary N) is 1. The van der Waals surface area contributed by atoms with Gasteiger partial charge in [0.1, 0.15) is 0 Å². The van der Waals surface area contributed by atoms with Crippen molar-refractivity contribution in [3.63, 3.8) is 0 Å². The summed E-state index contributed by atoms with van der Waals surface area (Å²) in [7, 11) is 0. The Kier molecular flexibility index (Phi) is 5.93. The summed E-state index contributed by atoms with van der Waals surface area (Å²) in [5.74, 6) is -0.300. The van der Waals surface area contributed by atoms with E-state index in [-0.39, 0.29) is 11.8 Å². The van der Waals surface area contributed by atoms with Crippen LogP contribution in [0.1, 0.15) is 20.7 Å². The molecule has 0 aliphatic carbocycles. The molecule has 1 N–H and O–H groups in total. The lowest BCUT2D eigenvalue weighted by molar-refractivity contribution is 0.0303. The molecule has 0 unspecified atom stereocenters. The summed E-state index contributed by atoms with van der Waals surface area (Å²) in [6.07, 6.45) is 0. The molecule has 1 aliphatic heterocycles. The molecular formula is C18H16ClIN2O3. The number of nitrogens with zero attached hydrogens (tertiary/aromatic N) is 1. The second kappa shape index (κ2) is 8.16. The van der Waals surface area contributed by atoms with Gasteiger partial charge in [-0.1, -0.05) is 17.7 Å². The summed E-state index contributed by atoms with van der Waals surface area (Å²) >= 11 is 8.07. The first-order valence-electron chi connectivity index (χ1n) is 7.78. The summed E-state index contributed by atoms with van der Waals surface area (Å²) in [6, 6.07) is 12.0. The van der Waals surface area contributed by atoms with Crippen LogP contribution >= 0.6 is 34.2 Å². The molecule has 0 radical (unpaired) electrons. The molecule has 2 aromatic carbocycles. The number of amides is 2. The second-order valence-corrected chi connectivity index (χ2v) is 7.14. The summed E-state index contributed by atoms with van der Waals surface area (Å²) in [5.41, 5.74) is 1.64. The van der Waals surface area contributed by atoms with Gasteiger partial charge in [0.15, 0.2) is 0 Å². The maximum atomic E-state index is 12.5. The fraction of sp³-hybridized carbons (Fsp3) is 0.222. The van der Waals surface area contributed by atoms with Gasteiger partial charge in [0.25, 0.3) is 11.8 Å². The molecule has 7 heteroatoms. The van der Waals surface area contributed by atoms with E-state index in [1.54, 1.807) is 47.4 Å². The van der Waals surface area contributed by atoms with Crippen LogP contribution in [0.2, 0.25) is 5.02 Å². The number of benzene rings is 2. The third-order valence-corrected chi connectivity index (χ3v) is 5.39. The minimum atomic E-state index is -0.245. The molecule has 25 heavy (non-hydrogen) atoms. The number of hydrogen-bond donors (Lipinski definition) is 1. The summed E-state index contributed by atoms with van der Waals surface area (Å²) in [5, 5.41) is 3.43. The van der Waals surface area contributed by atoms with Crippen LogP contribution in [-0.4, -0.2) is 43.0 Å². The maximum absolute atomic E-state index is 12.5. The molecule has 0 aromatic heterocycles. The lowest BCUT2D eigenvalue weighted by Gasteiger charge is -2.27. The average Bonchev–Trinajstić information content (AvgIpc) is 2.64. The minimum Gasteiger partial charge on any atom is -0.378 e. The van der Waals surface area contributed by atoms with Gasteiger partial charge in [-0.2, -0.15) is 0 Å². The van der Waals surface area contributed by atoms with E-state index in [0.29, 0.717) is 48.1 Å².